The summed E-state index contributed by atoms with van der Waals surface area (Å²) in [5, 5.41) is 28.9. The number of carboxylic acids is 1. The maximum atomic E-state index is 10.9. The van der Waals surface area contributed by atoms with Crippen LogP contribution in [-0.4, -0.2) is 26.0 Å². The number of nitrogens with zero attached hydrogens (tertiary/aromatic N) is 4. The average Bonchev–Trinajstić information content (AvgIpc) is 2.80. The van der Waals surface area contributed by atoms with Crippen molar-refractivity contribution in [2.45, 2.75) is 16.3 Å². The SMILES string of the molecule is Cc1nc(Sc2ncc([N+](=O)[O-])cc2C#N)sc1C(=O)O. The minimum absolute atomic E-state index is 0.0407. The molecule has 2 aromatic rings. The number of carboxylic acid groups (broad SMARTS) is 1. The van der Waals surface area contributed by atoms with Crippen LogP contribution in [0, 0.1) is 28.4 Å². The Morgan fingerprint density at radius 1 is 1.62 bits per heavy atom. The molecule has 0 aliphatic heterocycles. The summed E-state index contributed by atoms with van der Waals surface area (Å²) in [5.74, 6) is -1.07. The van der Waals surface area contributed by atoms with Crippen LogP contribution < -0.4 is 0 Å². The molecule has 0 bridgehead atoms. The van der Waals surface area contributed by atoms with Crippen LogP contribution in [0.3, 0.4) is 0 Å². The maximum absolute atomic E-state index is 10.9. The van der Waals surface area contributed by atoms with Crippen molar-refractivity contribution in [2.24, 2.45) is 0 Å². The number of thiazole rings is 1. The molecule has 8 nitrogen and oxygen atoms in total. The Balaban J connectivity index is 2.36. The predicted molar refractivity (Wildman–Crippen MR) is 73.5 cm³/mol. The molecule has 2 heterocycles. The minimum atomic E-state index is -1.07. The Morgan fingerprint density at radius 3 is 2.86 bits per heavy atom. The molecule has 0 atom stereocenters. The van der Waals surface area contributed by atoms with Gasteiger partial charge >= 0.3 is 5.97 Å². The van der Waals surface area contributed by atoms with Crippen molar-refractivity contribution >= 4 is 34.8 Å². The van der Waals surface area contributed by atoms with E-state index in [1.807, 2.05) is 6.07 Å². The summed E-state index contributed by atoms with van der Waals surface area (Å²) in [4.78, 5) is 29.0. The van der Waals surface area contributed by atoms with Gasteiger partial charge in [0.2, 0.25) is 0 Å². The number of hydrogen-bond donors (Lipinski definition) is 1. The quantitative estimate of drug-likeness (QED) is 0.671. The Labute approximate surface area is 126 Å². The zero-order valence-corrected chi connectivity index (χ0v) is 12.1. The van der Waals surface area contributed by atoms with Crippen molar-refractivity contribution in [3.05, 3.63) is 38.5 Å². The predicted octanol–water partition coefficient (Wildman–Crippen LogP) is 2.48. The molecule has 1 N–H and O–H groups in total. The standard InChI is InChI=1S/C11H6N4O4S2/c1-5-8(10(16)17)20-11(14-5)21-9-6(3-12)2-7(4-13-9)15(18)19/h2,4H,1H3,(H,16,17). The maximum Gasteiger partial charge on any atom is 0.347 e. The van der Waals surface area contributed by atoms with Gasteiger partial charge in [-0.3, -0.25) is 10.1 Å². The fourth-order valence-corrected chi connectivity index (χ4v) is 3.36. The second kappa shape index (κ2) is 5.86. The molecule has 2 aromatic heterocycles. The summed E-state index contributed by atoms with van der Waals surface area (Å²) >= 11 is 1.96. The van der Waals surface area contributed by atoms with Crippen molar-refractivity contribution in [1.29, 1.82) is 5.26 Å². The molecule has 0 saturated heterocycles. The Morgan fingerprint density at radius 2 is 2.33 bits per heavy atom. The van der Waals surface area contributed by atoms with E-state index >= 15 is 0 Å². The molecule has 0 fully saturated rings. The van der Waals surface area contributed by atoms with E-state index in [0.29, 0.717) is 10.0 Å². The van der Waals surface area contributed by atoms with Crippen molar-refractivity contribution < 1.29 is 14.8 Å². The van der Waals surface area contributed by atoms with Crippen LogP contribution in [0.15, 0.2) is 21.6 Å². The van der Waals surface area contributed by atoms with Gasteiger partial charge in [0.05, 0.1) is 16.2 Å². The number of hydrogen-bond acceptors (Lipinski definition) is 8. The lowest BCUT2D eigenvalue weighted by molar-refractivity contribution is -0.385. The average molecular weight is 322 g/mol. The lowest BCUT2D eigenvalue weighted by Crippen LogP contribution is -1.94. The van der Waals surface area contributed by atoms with E-state index in [4.69, 9.17) is 10.4 Å². The molecule has 0 aliphatic carbocycles. The number of nitro groups is 1. The van der Waals surface area contributed by atoms with Crippen LogP contribution in [0.5, 0.6) is 0 Å². The van der Waals surface area contributed by atoms with E-state index < -0.39 is 10.9 Å². The summed E-state index contributed by atoms with van der Waals surface area (Å²) < 4.78 is 0.405. The lowest BCUT2D eigenvalue weighted by atomic mass is 10.3. The largest absolute Gasteiger partial charge is 0.477 e. The summed E-state index contributed by atoms with van der Waals surface area (Å²) in [7, 11) is 0. The number of aromatic nitrogens is 2. The summed E-state index contributed by atoms with van der Waals surface area (Å²) in [6.07, 6.45) is 1.04. The number of rotatable bonds is 4. The topological polar surface area (TPSA) is 130 Å². The van der Waals surface area contributed by atoms with Crippen LogP contribution in [0.1, 0.15) is 20.9 Å². The van der Waals surface area contributed by atoms with E-state index in [1.165, 1.54) is 0 Å². The highest BCUT2D eigenvalue weighted by Crippen LogP contribution is 2.34. The third kappa shape index (κ3) is 3.15. The molecule has 0 unspecified atom stereocenters. The highest BCUT2D eigenvalue weighted by Gasteiger charge is 2.18. The van der Waals surface area contributed by atoms with Crippen LogP contribution in [0.4, 0.5) is 5.69 Å². The van der Waals surface area contributed by atoms with Crippen LogP contribution in [0.2, 0.25) is 0 Å². The third-order valence-corrected chi connectivity index (χ3v) is 4.55. The molecule has 0 spiro atoms. The number of carbonyl (C=O) groups is 1. The van der Waals surface area contributed by atoms with Gasteiger partial charge in [-0.05, 0) is 18.7 Å². The molecule has 0 radical (unpaired) electrons. The summed E-state index contributed by atoms with van der Waals surface area (Å²) in [6, 6.07) is 2.95. The number of pyridine rings is 1. The highest BCUT2D eigenvalue weighted by molar-refractivity contribution is 8.01. The highest BCUT2D eigenvalue weighted by atomic mass is 32.2. The van der Waals surface area contributed by atoms with E-state index in [-0.39, 0.29) is 21.2 Å². The first kappa shape index (κ1) is 14.9. The van der Waals surface area contributed by atoms with E-state index in [9.17, 15) is 14.9 Å². The van der Waals surface area contributed by atoms with Gasteiger partial charge < -0.3 is 5.11 Å². The van der Waals surface area contributed by atoms with Gasteiger partial charge in [0.15, 0.2) is 4.34 Å². The molecular formula is C11H6N4O4S2. The van der Waals surface area contributed by atoms with Crippen LogP contribution >= 0.6 is 23.1 Å². The zero-order valence-electron chi connectivity index (χ0n) is 10.4. The Hall–Kier alpha value is -2.51. The zero-order chi connectivity index (χ0) is 15.6. The second-order valence-corrected chi connectivity index (χ2v) is 5.95. The van der Waals surface area contributed by atoms with Crippen LogP contribution in [0.25, 0.3) is 0 Å². The lowest BCUT2D eigenvalue weighted by Gasteiger charge is -1.99. The van der Waals surface area contributed by atoms with Gasteiger partial charge in [-0.25, -0.2) is 14.8 Å². The summed E-state index contributed by atoms with van der Waals surface area (Å²) in [6.45, 7) is 1.57. The number of nitriles is 1. The Kier molecular flexibility index (Phi) is 4.15. The first-order valence-corrected chi connectivity index (χ1v) is 6.98. The Bertz CT molecular complexity index is 781. The smallest absolute Gasteiger partial charge is 0.347 e. The molecule has 0 aromatic carbocycles. The van der Waals surface area contributed by atoms with Gasteiger partial charge in [-0.1, -0.05) is 11.3 Å². The molecular weight excluding hydrogens is 316 g/mol. The second-order valence-electron chi connectivity index (χ2n) is 3.72. The molecule has 21 heavy (non-hydrogen) atoms. The number of aromatic carboxylic acids is 1. The van der Waals surface area contributed by atoms with Crippen molar-refractivity contribution in [3.8, 4) is 6.07 Å². The minimum Gasteiger partial charge on any atom is -0.477 e. The van der Waals surface area contributed by atoms with Gasteiger partial charge in [0.25, 0.3) is 5.69 Å². The number of aryl methyl sites for hydroxylation is 1. The van der Waals surface area contributed by atoms with Crippen molar-refractivity contribution in [2.75, 3.05) is 0 Å². The summed E-state index contributed by atoms with van der Waals surface area (Å²) in [5.41, 5.74) is 0.131. The molecule has 0 aliphatic rings. The van der Waals surface area contributed by atoms with E-state index in [0.717, 1.165) is 35.4 Å². The van der Waals surface area contributed by atoms with Crippen LogP contribution in [-0.2, 0) is 0 Å². The van der Waals surface area contributed by atoms with Gasteiger partial charge in [-0.2, -0.15) is 5.26 Å². The molecule has 0 amide bonds. The van der Waals surface area contributed by atoms with Crippen molar-refractivity contribution in [3.63, 3.8) is 0 Å². The fraction of sp³-hybridized carbons (Fsp3) is 0.0909. The molecule has 10 heteroatoms. The van der Waals surface area contributed by atoms with E-state index in [1.54, 1.807) is 6.92 Å². The van der Waals surface area contributed by atoms with Gasteiger partial charge in [-0.15, -0.1) is 0 Å². The third-order valence-electron chi connectivity index (χ3n) is 2.32. The molecule has 106 valence electrons. The first-order chi connectivity index (χ1) is 9.92. The van der Waals surface area contributed by atoms with E-state index in [2.05, 4.69) is 9.97 Å². The molecule has 0 saturated carbocycles. The monoisotopic (exact) mass is 322 g/mol. The molecule has 2 rings (SSSR count). The fourth-order valence-electron chi connectivity index (χ4n) is 1.40. The first-order valence-electron chi connectivity index (χ1n) is 5.35. The van der Waals surface area contributed by atoms with Gasteiger partial charge in [0.1, 0.15) is 22.2 Å². The van der Waals surface area contributed by atoms with Gasteiger partial charge in [0, 0.05) is 6.07 Å². The normalized spacial score (nSPS) is 10.1. The van der Waals surface area contributed by atoms with Crippen molar-refractivity contribution in [1.82, 2.24) is 9.97 Å².